The number of amides is 1. The second-order valence-electron chi connectivity index (χ2n) is 4.01. The van der Waals surface area contributed by atoms with E-state index in [0.717, 1.165) is 0 Å². The Hall–Kier alpha value is -1.35. The number of carbonyl (C=O) groups excluding carboxylic acids is 1. The van der Waals surface area contributed by atoms with Crippen LogP contribution in [0.1, 0.15) is 23.6 Å². The van der Waals surface area contributed by atoms with Crippen LogP contribution in [-0.4, -0.2) is 23.9 Å². The molecule has 3 nitrogen and oxygen atoms in total. The van der Waals surface area contributed by atoms with Crippen LogP contribution in [0, 0.1) is 6.92 Å². The number of hydrogen-bond donors (Lipinski definition) is 1. The van der Waals surface area contributed by atoms with Crippen molar-refractivity contribution in [1.82, 2.24) is 4.90 Å². The minimum absolute atomic E-state index is 0.215. The molecule has 0 spiro atoms. The molecule has 1 unspecified atom stereocenters. The van der Waals surface area contributed by atoms with Crippen LogP contribution in [-0.2, 0) is 4.79 Å². The number of hydrogen-bond acceptors (Lipinski definition) is 2. The van der Waals surface area contributed by atoms with E-state index in [1.165, 1.54) is 11.1 Å². The van der Waals surface area contributed by atoms with Crippen LogP contribution in [0.4, 0.5) is 0 Å². The van der Waals surface area contributed by atoms with Gasteiger partial charge in [0.25, 0.3) is 0 Å². The van der Waals surface area contributed by atoms with Gasteiger partial charge in [0.15, 0.2) is 0 Å². The molecule has 1 atom stereocenters. The monoisotopic (exact) mass is 204 g/mol. The Bertz CT molecular complexity index is 376. The number of nitrogens with zero attached hydrogens (tertiary/aromatic N) is 1. The Morgan fingerprint density at radius 1 is 1.53 bits per heavy atom. The summed E-state index contributed by atoms with van der Waals surface area (Å²) in [6.45, 7) is 3.27. The lowest BCUT2D eigenvalue weighted by molar-refractivity contribution is -0.146. The zero-order valence-electron chi connectivity index (χ0n) is 8.94. The van der Waals surface area contributed by atoms with Gasteiger partial charge < -0.3 is 10.6 Å². The van der Waals surface area contributed by atoms with Gasteiger partial charge in [0.2, 0.25) is 5.91 Å². The molecule has 2 rings (SSSR count). The molecular weight excluding hydrogens is 188 g/mol. The fraction of sp³-hybridized carbons (Fsp3) is 0.417. The first kappa shape index (κ1) is 10.2. The molecule has 1 aliphatic heterocycles. The smallest absolute Gasteiger partial charge is 0.225 e. The highest BCUT2D eigenvalue weighted by atomic mass is 16.2. The Morgan fingerprint density at radius 3 is 2.93 bits per heavy atom. The van der Waals surface area contributed by atoms with Crippen LogP contribution in [0.5, 0.6) is 0 Å². The van der Waals surface area contributed by atoms with E-state index in [4.69, 9.17) is 5.73 Å². The molecule has 1 aromatic rings. The summed E-state index contributed by atoms with van der Waals surface area (Å²) in [5.41, 5.74) is 7.94. The fourth-order valence-electron chi connectivity index (χ4n) is 2.05. The van der Waals surface area contributed by atoms with Crippen molar-refractivity contribution in [3.63, 3.8) is 0 Å². The number of rotatable bonds is 3. The van der Waals surface area contributed by atoms with E-state index in [-0.39, 0.29) is 11.9 Å². The number of β-lactam (4-membered cyclic amide) rings is 1. The minimum atomic E-state index is 0.215. The predicted octanol–water partition coefficient (Wildman–Crippen LogP) is 1.23. The van der Waals surface area contributed by atoms with E-state index in [1.54, 1.807) is 0 Å². The second-order valence-corrected chi connectivity index (χ2v) is 4.01. The van der Waals surface area contributed by atoms with Gasteiger partial charge in [0.05, 0.1) is 12.5 Å². The lowest BCUT2D eigenvalue weighted by Crippen LogP contribution is -2.48. The Kier molecular flexibility index (Phi) is 2.73. The van der Waals surface area contributed by atoms with Crippen molar-refractivity contribution in [2.75, 3.05) is 13.1 Å². The molecule has 1 heterocycles. The van der Waals surface area contributed by atoms with Crippen molar-refractivity contribution < 1.29 is 4.79 Å². The number of nitrogens with two attached hydrogens (primary N) is 1. The molecule has 1 saturated heterocycles. The number of likely N-dealkylation sites (tertiary alicyclic amines) is 1. The van der Waals surface area contributed by atoms with E-state index in [9.17, 15) is 4.79 Å². The Morgan fingerprint density at radius 2 is 2.33 bits per heavy atom. The summed E-state index contributed by atoms with van der Waals surface area (Å²) in [5, 5.41) is 0. The third-order valence-corrected chi connectivity index (χ3v) is 2.86. The molecule has 0 saturated carbocycles. The second kappa shape index (κ2) is 4.03. The zero-order valence-corrected chi connectivity index (χ0v) is 8.94. The first-order valence-electron chi connectivity index (χ1n) is 5.28. The van der Waals surface area contributed by atoms with E-state index in [0.29, 0.717) is 19.5 Å². The maximum Gasteiger partial charge on any atom is 0.225 e. The van der Waals surface area contributed by atoms with Gasteiger partial charge in [-0.2, -0.15) is 0 Å². The summed E-state index contributed by atoms with van der Waals surface area (Å²) >= 11 is 0. The number of benzene rings is 1. The van der Waals surface area contributed by atoms with E-state index < -0.39 is 0 Å². The Balaban J connectivity index is 2.15. The molecule has 0 bridgehead atoms. The summed E-state index contributed by atoms with van der Waals surface area (Å²) in [5.74, 6) is 0.215. The molecule has 0 aliphatic carbocycles. The number of carbonyl (C=O) groups is 1. The van der Waals surface area contributed by atoms with Gasteiger partial charge in [-0.3, -0.25) is 4.79 Å². The standard InChI is InChI=1S/C12H16N2O/c1-9-3-2-4-10(7-9)11-8-12(15)14(11)6-5-13/h2-4,7,11H,5-6,8,13H2,1H3. The minimum Gasteiger partial charge on any atom is -0.334 e. The van der Waals surface area contributed by atoms with Crippen molar-refractivity contribution in [3.05, 3.63) is 35.4 Å². The van der Waals surface area contributed by atoms with Crippen LogP contribution < -0.4 is 5.73 Å². The van der Waals surface area contributed by atoms with Crippen LogP contribution >= 0.6 is 0 Å². The normalized spacial score (nSPS) is 20.3. The van der Waals surface area contributed by atoms with Crippen molar-refractivity contribution >= 4 is 5.91 Å². The number of aryl methyl sites for hydroxylation is 1. The molecule has 1 aliphatic rings. The molecule has 1 aromatic carbocycles. The predicted molar refractivity (Wildman–Crippen MR) is 59.3 cm³/mol. The molecule has 3 heteroatoms. The fourth-order valence-corrected chi connectivity index (χ4v) is 2.05. The topological polar surface area (TPSA) is 46.3 Å². The highest BCUT2D eigenvalue weighted by molar-refractivity contribution is 5.83. The highest BCUT2D eigenvalue weighted by Crippen LogP contribution is 2.33. The van der Waals surface area contributed by atoms with Crippen LogP contribution in [0.2, 0.25) is 0 Å². The summed E-state index contributed by atoms with van der Waals surface area (Å²) in [6, 6.07) is 8.57. The van der Waals surface area contributed by atoms with Crippen molar-refractivity contribution in [1.29, 1.82) is 0 Å². The van der Waals surface area contributed by atoms with Gasteiger partial charge in [-0.15, -0.1) is 0 Å². The molecule has 1 fully saturated rings. The molecule has 80 valence electrons. The van der Waals surface area contributed by atoms with Gasteiger partial charge in [0.1, 0.15) is 0 Å². The summed E-state index contributed by atoms with van der Waals surface area (Å²) in [6.07, 6.45) is 0.628. The van der Waals surface area contributed by atoms with Crippen molar-refractivity contribution in [3.8, 4) is 0 Å². The lowest BCUT2D eigenvalue weighted by atomic mass is 9.93. The zero-order chi connectivity index (χ0) is 10.8. The maximum absolute atomic E-state index is 11.4. The van der Waals surface area contributed by atoms with Gasteiger partial charge in [-0.1, -0.05) is 29.8 Å². The van der Waals surface area contributed by atoms with Crippen LogP contribution in [0.15, 0.2) is 24.3 Å². The molecule has 2 N–H and O–H groups in total. The van der Waals surface area contributed by atoms with Crippen LogP contribution in [0.3, 0.4) is 0 Å². The van der Waals surface area contributed by atoms with E-state index in [2.05, 4.69) is 25.1 Å². The largest absolute Gasteiger partial charge is 0.334 e. The third kappa shape index (κ3) is 1.88. The lowest BCUT2D eigenvalue weighted by Gasteiger charge is -2.40. The first-order valence-corrected chi connectivity index (χ1v) is 5.28. The van der Waals surface area contributed by atoms with Gasteiger partial charge >= 0.3 is 0 Å². The molecule has 0 aromatic heterocycles. The van der Waals surface area contributed by atoms with Crippen molar-refractivity contribution in [2.45, 2.75) is 19.4 Å². The van der Waals surface area contributed by atoms with E-state index >= 15 is 0 Å². The molecule has 15 heavy (non-hydrogen) atoms. The molecular formula is C12H16N2O. The van der Waals surface area contributed by atoms with E-state index in [1.807, 2.05) is 11.0 Å². The Labute approximate surface area is 89.9 Å². The summed E-state index contributed by atoms with van der Waals surface area (Å²) in [4.78, 5) is 13.2. The van der Waals surface area contributed by atoms with Crippen molar-refractivity contribution in [2.24, 2.45) is 5.73 Å². The van der Waals surface area contributed by atoms with Gasteiger partial charge in [-0.05, 0) is 12.5 Å². The summed E-state index contributed by atoms with van der Waals surface area (Å²) in [7, 11) is 0. The van der Waals surface area contributed by atoms with Gasteiger partial charge in [0, 0.05) is 13.1 Å². The molecule has 0 radical (unpaired) electrons. The SMILES string of the molecule is Cc1cccc(C2CC(=O)N2CCN)c1. The highest BCUT2D eigenvalue weighted by Gasteiger charge is 2.36. The van der Waals surface area contributed by atoms with Gasteiger partial charge in [-0.25, -0.2) is 0 Å². The summed E-state index contributed by atoms with van der Waals surface area (Å²) < 4.78 is 0. The third-order valence-electron chi connectivity index (χ3n) is 2.86. The first-order chi connectivity index (χ1) is 7.22. The average Bonchev–Trinajstić information content (AvgIpc) is 2.22. The van der Waals surface area contributed by atoms with Crippen LogP contribution in [0.25, 0.3) is 0 Å². The molecule has 1 amide bonds. The average molecular weight is 204 g/mol. The quantitative estimate of drug-likeness (QED) is 0.753. The maximum atomic E-state index is 11.4.